The number of nitrogens with zero attached hydrogens (tertiary/aromatic N) is 1. The van der Waals surface area contributed by atoms with Gasteiger partial charge in [0.2, 0.25) is 5.91 Å². The van der Waals surface area contributed by atoms with E-state index in [1.807, 2.05) is 5.38 Å². The summed E-state index contributed by atoms with van der Waals surface area (Å²) in [4.78, 5) is 16.0. The number of halogens is 1. The topological polar surface area (TPSA) is 51.2 Å². The summed E-state index contributed by atoms with van der Waals surface area (Å²) in [5.41, 5.74) is 0.838. The minimum Gasteiger partial charge on any atom is -0.378 e. The molecule has 0 radical (unpaired) electrons. The zero-order valence-electron chi connectivity index (χ0n) is 10.9. The van der Waals surface area contributed by atoms with Gasteiger partial charge in [-0.15, -0.1) is 22.9 Å². The minimum atomic E-state index is 0.0197. The Hall–Kier alpha value is -0.650. The summed E-state index contributed by atoms with van der Waals surface area (Å²) in [7, 11) is 0. The maximum atomic E-state index is 11.7. The van der Waals surface area contributed by atoms with Crippen LogP contribution in [0.15, 0.2) is 5.38 Å². The lowest BCUT2D eigenvalue weighted by Crippen LogP contribution is -2.30. The van der Waals surface area contributed by atoms with Crippen molar-refractivity contribution in [3.8, 4) is 0 Å². The van der Waals surface area contributed by atoms with Crippen LogP contribution in [0.1, 0.15) is 36.4 Å². The maximum absolute atomic E-state index is 11.7. The Kier molecular flexibility index (Phi) is 6.07. The molecule has 0 bridgehead atoms. The number of alkyl halides is 1. The van der Waals surface area contributed by atoms with Crippen LogP contribution in [0.2, 0.25) is 0 Å². The van der Waals surface area contributed by atoms with Gasteiger partial charge in [0.1, 0.15) is 5.01 Å². The molecule has 1 aromatic rings. The lowest BCUT2D eigenvalue weighted by atomic mass is 10.1. The molecule has 1 N–H and O–H groups in total. The number of hydrogen-bond acceptors (Lipinski definition) is 4. The van der Waals surface area contributed by atoms with Gasteiger partial charge in [-0.2, -0.15) is 0 Å². The van der Waals surface area contributed by atoms with Crippen molar-refractivity contribution < 1.29 is 9.53 Å². The van der Waals surface area contributed by atoms with Gasteiger partial charge in [-0.25, -0.2) is 4.98 Å². The van der Waals surface area contributed by atoms with Crippen molar-refractivity contribution >= 4 is 28.8 Å². The van der Waals surface area contributed by atoms with Crippen LogP contribution in [0, 0.1) is 0 Å². The van der Waals surface area contributed by atoms with Gasteiger partial charge in [-0.05, 0) is 25.7 Å². The Morgan fingerprint density at radius 1 is 1.58 bits per heavy atom. The number of rotatable bonds is 6. The van der Waals surface area contributed by atoms with E-state index < -0.39 is 0 Å². The second kappa shape index (κ2) is 7.82. The lowest BCUT2D eigenvalue weighted by Gasteiger charge is -2.22. The van der Waals surface area contributed by atoms with Gasteiger partial charge in [-0.1, -0.05) is 0 Å². The zero-order chi connectivity index (χ0) is 13.5. The fourth-order valence-electron chi connectivity index (χ4n) is 2.10. The first-order valence-electron chi connectivity index (χ1n) is 6.65. The normalized spacial score (nSPS) is 19.3. The van der Waals surface area contributed by atoms with Crippen molar-refractivity contribution in [2.24, 2.45) is 0 Å². The molecule has 1 amide bonds. The van der Waals surface area contributed by atoms with Crippen molar-refractivity contribution in [2.45, 2.75) is 44.1 Å². The first kappa shape index (κ1) is 14.8. The quantitative estimate of drug-likeness (QED) is 0.822. The molecule has 6 heteroatoms. The summed E-state index contributed by atoms with van der Waals surface area (Å²) >= 11 is 7.16. The number of carbonyl (C=O) groups excluding carboxylic acids is 1. The minimum absolute atomic E-state index is 0.0197. The highest BCUT2D eigenvalue weighted by Gasteiger charge is 2.14. The van der Waals surface area contributed by atoms with Crippen molar-refractivity contribution in [3.05, 3.63) is 16.1 Å². The van der Waals surface area contributed by atoms with Gasteiger partial charge in [0.15, 0.2) is 0 Å². The van der Waals surface area contributed by atoms with E-state index in [-0.39, 0.29) is 5.91 Å². The molecule has 0 spiro atoms. The average molecular weight is 303 g/mol. The summed E-state index contributed by atoms with van der Waals surface area (Å²) in [6.45, 7) is 1.54. The van der Waals surface area contributed by atoms with E-state index in [1.54, 1.807) is 0 Å². The van der Waals surface area contributed by atoms with Gasteiger partial charge in [0.25, 0.3) is 0 Å². The third-order valence-corrected chi connectivity index (χ3v) is 4.28. The molecule has 1 saturated heterocycles. The van der Waals surface area contributed by atoms with E-state index in [2.05, 4.69) is 10.3 Å². The SMILES string of the molecule is O=C(Cc1nc(CCl)cs1)NCCC1CCCCO1. The van der Waals surface area contributed by atoms with E-state index in [4.69, 9.17) is 16.3 Å². The molecular formula is C13H19ClN2O2S. The fraction of sp³-hybridized carbons (Fsp3) is 0.692. The molecule has 1 aromatic heterocycles. The van der Waals surface area contributed by atoms with Crippen LogP contribution in [0.25, 0.3) is 0 Å². The molecule has 1 unspecified atom stereocenters. The second-order valence-corrected chi connectivity index (χ2v) is 5.88. The number of thiazole rings is 1. The fourth-order valence-corrected chi connectivity index (χ4v) is 3.12. The van der Waals surface area contributed by atoms with Gasteiger partial charge in [-0.3, -0.25) is 4.79 Å². The molecule has 1 aliphatic heterocycles. The van der Waals surface area contributed by atoms with Crippen molar-refractivity contribution in [1.82, 2.24) is 10.3 Å². The molecule has 0 aliphatic carbocycles. The highest BCUT2D eigenvalue weighted by Crippen LogP contribution is 2.15. The Bertz CT molecular complexity index is 405. The van der Waals surface area contributed by atoms with Gasteiger partial charge >= 0.3 is 0 Å². The van der Waals surface area contributed by atoms with Crippen LogP contribution in [0.4, 0.5) is 0 Å². The maximum Gasteiger partial charge on any atom is 0.226 e. The molecule has 0 aromatic carbocycles. The highest BCUT2D eigenvalue weighted by molar-refractivity contribution is 7.09. The number of amides is 1. The van der Waals surface area contributed by atoms with Crippen molar-refractivity contribution in [3.63, 3.8) is 0 Å². The van der Waals surface area contributed by atoms with E-state index in [0.717, 1.165) is 36.6 Å². The van der Waals surface area contributed by atoms with Crippen LogP contribution in [0.3, 0.4) is 0 Å². The third-order valence-electron chi connectivity index (χ3n) is 3.11. The molecular weight excluding hydrogens is 284 g/mol. The Balaban J connectivity index is 1.63. The highest BCUT2D eigenvalue weighted by atomic mass is 35.5. The predicted octanol–water partition coefficient (Wildman–Crippen LogP) is 2.50. The Morgan fingerprint density at radius 2 is 2.47 bits per heavy atom. The Morgan fingerprint density at radius 3 is 3.16 bits per heavy atom. The number of ether oxygens (including phenoxy) is 1. The van der Waals surface area contributed by atoms with Crippen molar-refractivity contribution in [2.75, 3.05) is 13.2 Å². The van der Waals surface area contributed by atoms with Crippen LogP contribution < -0.4 is 5.32 Å². The van der Waals surface area contributed by atoms with E-state index >= 15 is 0 Å². The number of hydrogen-bond donors (Lipinski definition) is 1. The molecule has 1 atom stereocenters. The first-order valence-corrected chi connectivity index (χ1v) is 8.07. The summed E-state index contributed by atoms with van der Waals surface area (Å²) in [5, 5.41) is 5.64. The molecule has 19 heavy (non-hydrogen) atoms. The van der Waals surface area contributed by atoms with Crippen LogP contribution in [-0.4, -0.2) is 30.1 Å². The van der Waals surface area contributed by atoms with Gasteiger partial charge < -0.3 is 10.1 Å². The smallest absolute Gasteiger partial charge is 0.226 e. The first-order chi connectivity index (χ1) is 9.28. The largest absolute Gasteiger partial charge is 0.378 e. The van der Waals surface area contributed by atoms with Gasteiger partial charge in [0, 0.05) is 18.5 Å². The standard InChI is InChI=1S/C13H19ClN2O2S/c14-8-10-9-19-13(16-10)7-12(17)15-5-4-11-3-1-2-6-18-11/h9,11H,1-8H2,(H,15,17). The molecule has 0 saturated carbocycles. The average Bonchev–Trinajstić information content (AvgIpc) is 2.87. The molecule has 2 rings (SSSR count). The zero-order valence-corrected chi connectivity index (χ0v) is 12.4. The number of carbonyl (C=O) groups is 1. The summed E-state index contributed by atoms with van der Waals surface area (Å²) in [6, 6.07) is 0. The molecule has 1 aliphatic rings. The summed E-state index contributed by atoms with van der Waals surface area (Å²) < 4.78 is 5.62. The third kappa shape index (κ3) is 5.09. The molecule has 1 fully saturated rings. The summed E-state index contributed by atoms with van der Waals surface area (Å²) in [5.74, 6) is 0.420. The van der Waals surface area contributed by atoms with E-state index in [9.17, 15) is 4.79 Å². The van der Waals surface area contributed by atoms with E-state index in [1.165, 1.54) is 17.8 Å². The lowest BCUT2D eigenvalue weighted by molar-refractivity contribution is -0.120. The van der Waals surface area contributed by atoms with Crippen LogP contribution in [-0.2, 0) is 21.8 Å². The van der Waals surface area contributed by atoms with E-state index in [0.29, 0.717) is 24.9 Å². The van der Waals surface area contributed by atoms with Crippen LogP contribution >= 0.6 is 22.9 Å². The molecule has 106 valence electrons. The summed E-state index contributed by atoms with van der Waals surface area (Å²) in [6.07, 6.45) is 5.07. The van der Waals surface area contributed by atoms with Crippen LogP contribution in [0.5, 0.6) is 0 Å². The van der Waals surface area contributed by atoms with Gasteiger partial charge in [0.05, 0.1) is 24.1 Å². The number of nitrogens with one attached hydrogen (secondary N) is 1. The predicted molar refractivity (Wildman–Crippen MR) is 76.6 cm³/mol. The monoisotopic (exact) mass is 302 g/mol. The van der Waals surface area contributed by atoms with Crippen molar-refractivity contribution in [1.29, 1.82) is 0 Å². The Labute approximate surface area is 122 Å². The second-order valence-electron chi connectivity index (χ2n) is 4.67. The molecule has 2 heterocycles. The molecule has 4 nitrogen and oxygen atoms in total. The number of aromatic nitrogens is 1.